The third kappa shape index (κ3) is 3.03. The van der Waals surface area contributed by atoms with Crippen LogP contribution in [-0.4, -0.2) is 49.0 Å². The van der Waals surface area contributed by atoms with Crippen molar-refractivity contribution in [3.8, 4) is 0 Å². The molecule has 0 N–H and O–H groups in total. The maximum atomic E-state index is 11.3. The molecule has 1 amide bonds. The first kappa shape index (κ1) is 9.86. The van der Waals surface area contributed by atoms with E-state index in [1.54, 1.807) is 19.0 Å². The van der Waals surface area contributed by atoms with Gasteiger partial charge in [-0.3, -0.25) is 4.79 Å². The van der Waals surface area contributed by atoms with Gasteiger partial charge in [-0.15, -0.1) is 0 Å². The van der Waals surface area contributed by atoms with Crippen LogP contribution in [0.1, 0.15) is 6.42 Å². The van der Waals surface area contributed by atoms with Gasteiger partial charge in [0, 0.05) is 44.6 Å². The minimum Gasteiger partial charge on any atom is -0.349 e. The number of hydrogen-bond donors (Lipinski definition) is 0. The lowest BCUT2D eigenvalue weighted by Crippen LogP contribution is -2.32. The summed E-state index contributed by atoms with van der Waals surface area (Å²) in [4.78, 5) is 12.9. The van der Waals surface area contributed by atoms with Gasteiger partial charge in [0.1, 0.15) is 0 Å². The van der Waals surface area contributed by atoms with Crippen LogP contribution in [-0.2, 0) is 4.79 Å². The predicted molar refractivity (Wildman–Crippen MR) is 51.4 cm³/mol. The molecule has 0 aromatic carbocycles. The lowest BCUT2D eigenvalue weighted by Gasteiger charge is -2.21. The van der Waals surface area contributed by atoms with Crippen molar-refractivity contribution in [1.29, 1.82) is 0 Å². The third-order valence-corrected chi connectivity index (χ3v) is 3.04. The summed E-state index contributed by atoms with van der Waals surface area (Å²) in [6.07, 6.45) is 0.640. The first-order valence-electron chi connectivity index (χ1n) is 4.15. The highest BCUT2D eigenvalue weighted by Gasteiger charge is 2.18. The van der Waals surface area contributed by atoms with Crippen LogP contribution in [0.15, 0.2) is 0 Å². The van der Waals surface area contributed by atoms with Gasteiger partial charge in [0.15, 0.2) is 0 Å². The van der Waals surface area contributed by atoms with Crippen LogP contribution < -0.4 is 5.32 Å². The van der Waals surface area contributed by atoms with Crippen molar-refractivity contribution in [2.24, 2.45) is 0 Å². The first-order chi connectivity index (χ1) is 5.70. The van der Waals surface area contributed by atoms with Crippen LogP contribution in [0.5, 0.6) is 0 Å². The van der Waals surface area contributed by atoms with Crippen molar-refractivity contribution in [2.45, 2.75) is 11.7 Å². The highest BCUT2D eigenvalue weighted by molar-refractivity contribution is 8.00. The Balaban J connectivity index is 2.24. The fraction of sp³-hybridized carbons (Fsp3) is 0.875. The molecular formula is C8H15N2OS. The summed E-state index contributed by atoms with van der Waals surface area (Å²) in [6.45, 7) is 1.81. The van der Waals surface area contributed by atoms with Gasteiger partial charge in [-0.25, -0.2) is 5.32 Å². The fourth-order valence-corrected chi connectivity index (χ4v) is 2.11. The minimum absolute atomic E-state index is 0.213. The highest BCUT2D eigenvalue weighted by Crippen LogP contribution is 2.17. The average molecular weight is 187 g/mol. The zero-order chi connectivity index (χ0) is 8.97. The smallest absolute Gasteiger partial charge is 0.223 e. The molecule has 1 fully saturated rings. The van der Waals surface area contributed by atoms with Gasteiger partial charge in [0.2, 0.25) is 5.91 Å². The van der Waals surface area contributed by atoms with E-state index in [1.807, 2.05) is 11.8 Å². The molecule has 3 nitrogen and oxygen atoms in total. The number of hydrogen-bond acceptors (Lipinski definition) is 2. The molecule has 0 aliphatic carbocycles. The van der Waals surface area contributed by atoms with Crippen LogP contribution in [0.4, 0.5) is 0 Å². The molecule has 1 aliphatic heterocycles. The van der Waals surface area contributed by atoms with Gasteiger partial charge in [0.05, 0.1) is 0 Å². The molecule has 1 atom stereocenters. The third-order valence-electron chi connectivity index (χ3n) is 1.84. The summed E-state index contributed by atoms with van der Waals surface area (Å²) >= 11 is 1.87. The highest BCUT2D eigenvalue weighted by atomic mass is 32.2. The molecule has 4 heteroatoms. The number of thioether (sulfide) groups is 1. The Morgan fingerprint density at radius 3 is 2.92 bits per heavy atom. The largest absolute Gasteiger partial charge is 0.349 e. The van der Waals surface area contributed by atoms with E-state index in [0.717, 1.165) is 18.8 Å². The van der Waals surface area contributed by atoms with Gasteiger partial charge in [-0.1, -0.05) is 0 Å². The Labute approximate surface area is 77.9 Å². The van der Waals surface area contributed by atoms with E-state index in [9.17, 15) is 4.79 Å². The van der Waals surface area contributed by atoms with Crippen LogP contribution in [0.25, 0.3) is 0 Å². The second kappa shape index (κ2) is 4.72. The van der Waals surface area contributed by atoms with Crippen molar-refractivity contribution in [1.82, 2.24) is 10.2 Å². The molecule has 0 bridgehead atoms. The van der Waals surface area contributed by atoms with Crippen molar-refractivity contribution >= 4 is 17.7 Å². The predicted octanol–water partition coefficient (Wildman–Crippen LogP) is 0.184. The van der Waals surface area contributed by atoms with Gasteiger partial charge in [0.25, 0.3) is 0 Å². The lowest BCUT2D eigenvalue weighted by molar-refractivity contribution is -0.128. The molecule has 1 heterocycles. The van der Waals surface area contributed by atoms with E-state index in [-0.39, 0.29) is 5.91 Å². The van der Waals surface area contributed by atoms with E-state index in [4.69, 9.17) is 0 Å². The summed E-state index contributed by atoms with van der Waals surface area (Å²) in [5.41, 5.74) is 0. The van der Waals surface area contributed by atoms with Gasteiger partial charge in [-0.05, 0) is 0 Å². The summed E-state index contributed by atoms with van der Waals surface area (Å²) in [5.74, 6) is 1.29. The number of amides is 1. The topological polar surface area (TPSA) is 34.4 Å². The second-order valence-corrected chi connectivity index (χ2v) is 4.52. The van der Waals surface area contributed by atoms with Crippen LogP contribution >= 0.6 is 11.8 Å². The first-order valence-corrected chi connectivity index (χ1v) is 5.20. The summed E-state index contributed by atoms with van der Waals surface area (Å²) in [5, 5.41) is 4.70. The van der Waals surface area contributed by atoms with E-state index < -0.39 is 0 Å². The average Bonchev–Trinajstić information content (AvgIpc) is 2.06. The zero-order valence-corrected chi connectivity index (χ0v) is 8.43. The van der Waals surface area contributed by atoms with Gasteiger partial charge >= 0.3 is 0 Å². The molecule has 0 aromatic rings. The van der Waals surface area contributed by atoms with Gasteiger partial charge < -0.3 is 4.90 Å². The number of carbonyl (C=O) groups is 1. The van der Waals surface area contributed by atoms with Gasteiger partial charge in [-0.2, -0.15) is 11.8 Å². The van der Waals surface area contributed by atoms with E-state index in [1.165, 1.54) is 0 Å². The van der Waals surface area contributed by atoms with Crippen molar-refractivity contribution in [2.75, 3.05) is 32.9 Å². The lowest BCUT2D eigenvalue weighted by atomic mass is 10.2. The minimum atomic E-state index is 0.213. The summed E-state index contributed by atoms with van der Waals surface area (Å²) < 4.78 is 0. The Morgan fingerprint density at radius 2 is 2.42 bits per heavy atom. The Bertz CT molecular complexity index is 155. The number of carbonyl (C=O) groups excluding carboxylic acids is 1. The Kier molecular flexibility index (Phi) is 3.88. The molecule has 0 saturated carbocycles. The second-order valence-electron chi connectivity index (χ2n) is 3.11. The molecule has 1 saturated heterocycles. The standard InChI is InChI=1S/C8H15N2OS/c1-10(2)8(11)5-7-6-9-3-4-12-7/h7H,3-6H2,1-2H3. The maximum absolute atomic E-state index is 11.3. The normalized spacial score (nSPS) is 23.7. The van der Waals surface area contributed by atoms with Crippen molar-refractivity contribution < 1.29 is 4.79 Å². The SMILES string of the molecule is CN(C)C(=O)CC1C[N]CCS1. The van der Waals surface area contributed by atoms with Crippen molar-refractivity contribution in [3.05, 3.63) is 0 Å². The monoisotopic (exact) mass is 187 g/mol. The molecule has 69 valence electrons. The number of nitrogens with zero attached hydrogens (tertiary/aromatic N) is 2. The molecule has 1 radical (unpaired) electrons. The Hall–Kier alpha value is -0.220. The summed E-state index contributed by atoms with van der Waals surface area (Å²) in [7, 11) is 3.60. The summed E-state index contributed by atoms with van der Waals surface area (Å²) in [6, 6.07) is 0. The Morgan fingerprint density at radius 1 is 1.67 bits per heavy atom. The molecule has 1 rings (SSSR count). The van der Waals surface area contributed by atoms with E-state index >= 15 is 0 Å². The van der Waals surface area contributed by atoms with Crippen LogP contribution in [0, 0.1) is 0 Å². The van der Waals surface area contributed by atoms with Crippen molar-refractivity contribution in [3.63, 3.8) is 0 Å². The van der Waals surface area contributed by atoms with E-state index in [0.29, 0.717) is 11.7 Å². The van der Waals surface area contributed by atoms with Crippen LogP contribution in [0.3, 0.4) is 0 Å². The molecule has 0 aromatic heterocycles. The number of rotatable bonds is 2. The molecule has 0 spiro atoms. The van der Waals surface area contributed by atoms with E-state index in [2.05, 4.69) is 5.32 Å². The fourth-order valence-electron chi connectivity index (χ4n) is 1.07. The van der Waals surface area contributed by atoms with Crippen LogP contribution in [0.2, 0.25) is 0 Å². The quantitative estimate of drug-likeness (QED) is 0.618. The maximum Gasteiger partial charge on any atom is 0.223 e. The molecule has 1 aliphatic rings. The zero-order valence-electron chi connectivity index (χ0n) is 7.62. The molecule has 12 heavy (non-hydrogen) atoms. The molecule has 1 unspecified atom stereocenters. The molecular weight excluding hydrogens is 172 g/mol.